The maximum atomic E-state index is 13.4. The van der Waals surface area contributed by atoms with E-state index < -0.39 is 23.4 Å². The highest BCUT2D eigenvalue weighted by Gasteiger charge is 2.21. The highest BCUT2D eigenvalue weighted by molar-refractivity contribution is 6.14. The predicted octanol–water partition coefficient (Wildman–Crippen LogP) is 4.65. The molecule has 0 aromatic heterocycles. The van der Waals surface area contributed by atoms with Crippen molar-refractivity contribution >= 4 is 11.8 Å². The summed E-state index contributed by atoms with van der Waals surface area (Å²) in [6.45, 7) is 0. The second-order valence-corrected chi connectivity index (χ2v) is 5.61. The molecule has 0 saturated carbocycles. The van der Waals surface area contributed by atoms with Crippen LogP contribution in [0.1, 0.15) is 26.3 Å². The molecule has 0 saturated heterocycles. The van der Waals surface area contributed by atoms with Crippen LogP contribution in [0.5, 0.6) is 0 Å². The first-order chi connectivity index (χ1) is 12.5. The van der Waals surface area contributed by atoms with Crippen molar-refractivity contribution in [1.82, 2.24) is 0 Å². The average Bonchev–Trinajstić information content (AvgIpc) is 2.66. The molecule has 0 aliphatic rings. The molecule has 0 unspecified atom stereocenters. The Kier molecular flexibility index (Phi) is 4.89. The SMILES string of the molecule is COC(=O)c1cc(-c2ccccc2)ccc1C(=O)c1cc(F)cc(F)c1. The average molecular weight is 352 g/mol. The van der Waals surface area contributed by atoms with Gasteiger partial charge in [0.2, 0.25) is 0 Å². The van der Waals surface area contributed by atoms with Gasteiger partial charge in [0.1, 0.15) is 11.6 Å². The first-order valence-electron chi connectivity index (χ1n) is 7.78. The molecule has 0 aliphatic heterocycles. The van der Waals surface area contributed by atoms with Gasteiger partial charge < -0.3 is 4.74 Å². The molecule has 130 valence electrons. The van der Waals surface area contributed by atoms with Crippen LogP contribution in [0, 0.1) is 11.6 Å². The van der Waals surface area contributed by atoms with Crippen molar-refractivity contribution in [2.45, 2.75) is 0 Å². The number of hydrogen-bond acceptors (Lipinski definition) is 3. The van der Waals surface area contributed by atoms with Crippen molar-refractivity contribution in [3.05, 3.63) is 95.1 Å². The Hall–Kier alpha value is -3.34. The molecule has 3 rings (SSSR count). The number of esters is 1. The number of rotatable bonds is 4. The quantitative estimate of drug-likeness (QED) is 0.507. The van der Waals surface area contributed by atoms with Crippen LogP contribution >= 0.6 is 0 Å². The molecule has 0 aliphatic carbocycles. The summed E-state index contributed by atoms with van der Waals surface area (Å²) in [5, 5.41) is 0. The van der Waals surface area contributed by atoms with Gasteiger partial charge in [0.25, 0.3) is 0 Å². The molecule has 0 radical (unpaired) electrons. The fraction of sp³-hybridized carbons (Fsp3) is 0.0476. The molecule has 0 amide bonds. The standard InChI is InChI=1S/C21H14F2O3/c1-26-21(25)19-11-14(13-5-3-2-4-6-13)7-8-18(19)20(24)15-9-16(22)12-17(23)10-15/h2-12H,1H3. The second kappa shape index (κ2) is 7.27. The lowest BCUT2D eigenvalue weighted by atomic mass is 9.94. The highest BCUT2D eigenvalue weighted by Crippen LogP contribution is 2.25. The van der Waals surface area contributed by atoms with Crippen molar-refractivity contribution in [3.63, 3.8) is 0 Å². The molecule has 0 N–H and O–H groups in total. The lowest BCUT2D eigenvalue weighted by Crippen LogP contribution is -2.12. The third-order valence-corrected chi connectivity index (χ3v) is 3.90. The third-order valence-electron chi connectivity index (χ3n) is 3.90. The van der Waals surface area contributed by atoms with Crippen LogP contribution in [0.15, 0.2) is 66.7 Å². The zero-order valence-corrected chi connectivity index (χ0v) is 13.8. The number of methoxy groups -OCH3 is 1. The van der Waals surface area contributed by atoms with E-state index in [-0.39, 0.29) is 16.7 Å². The van der Waals surface area contributed by atoms with Gasteiger partial charge in [-0.1, -0.05) is 36.4 Å². The van der Waals surface area contributed by atoms with Crippen molar-refractivity contribution in [3.8, 4) is 11.1 Å². The Morgan fingerprint density at radius 1 is 0.769 bits per heavy atom. The van der Waals surface area contributed by atoms with Crippen molar-refractivity contribution in [2.24, 2.45) is 0 Å². The summed E-state index contributed by atoms with van der Waals surface area (Å²) in [6, 6.07) is 16.5. The number of hydrogen-bond donors (Lipinski definition) is 0. The van der Waals surface area contributed by atoms with E-state index in [0.29, 0.717) is 11.6 Å². The summed E-state index contributed by atoms with van der Waals surface area (Å²) >= 11 is 0. The summed E-state index contributed by atoms with van der Waals surface area (Å²) in [5.41, 5.74) is 1.44. The molecular formula is C21H14F2O3. The van der Waals surface area contributed by atoms with E-state index in [1.807, 2.05) is 30.3 Å². The van der Waals surface area contributed by atoms with Crippen LogP contribution in [0.3, 0.4) is 0 Å². The fourth-order valence-corrected chi connectivity index (χ4v) is 2.67. The van der Waals surface area contributed by atoms with Gasteiger partial charge in [-0.25, -0.2) is 13.6 Å². The number of ketones is 1. The lowest BCUT2D eigenvalue weighted by Gasteiger charge is -2.10. The monoisotopic (exact) mass is 352 g/mol. The van der Waals surface area contributed by atoms with E-state index in [0.717, 1.165) is 17.7 Å². The van der Waals surface area contributed by atoms with E-state index in [1.54, 1.807) is 6.07 Å². The largest absolute Gasteiger partial charge is 0.465 e. The van der Waals surface area contributed by atoms with Gasteiger partial charge >= 0.3 is 5.97 Å². The zero-order chi connectivity index (χ0) is 18.7. The normalized spacial score (nSPS) is 10.4. The Morgan fingerprint density at radius 2 is 1.42 bits per heavy atom. The second-order valence-electron chi connectivity index (χ2n) is 5.61. The lowest BCUT2D eigenvalue weighted by molar-refractivity contribution is 0.0597. The predicted molar refractivity (Wildman–Crippen MR) is 93.0 cm³/mol. The maximum Gasteiger partial charge on any atom is 0.338 e. The minimum Gasteiger partial charge on any atom is -0.465 e. The number of ether oxygens (including phenoxy) is 1. The fourth-order valence-electron chi connectivity index (χ4n) is 2.67. The number of carbonyl (C=O) groups is 2. The Balaban J connectivity index is 2.11. The van der Waals surface area contributed by atoms with E-state index in [9.17, 15) is 18.4 Å². The number of benzene rings is 3. The van der Waals surface area contributed by atoms with Gasteiger partial charge in [0, 0.05) is 17.2 Å². The Bertz CT molecular complexity index is 962. The van der Waals surface area contributed by atoms with Gasteiger partial charge in [-0.05, 0) is 35.4 Å². The minimum absolute atomic E-state index is 0.0153. The van der Waals surface area contributed by atoms with Gasteiger partial charge in [0.15, 0.2) is 5.78 Å². The Labute approximate surface area is 148 Å². The van der Waals surface area contributed by atoms with Crippen LogP contribution in [0.25, 0.3) is 11.1 Å². The first-order valence-corrected chi connectivity index (χ1v) is 7.78. The van der Waals surface area contributed by atoms with E-state index in [2.05, 4.69) is 0 Å². The van der Waals surface area contributed by atoms with Crippen molar-refractivity contribution < 1.29 is 23.1 Å². The smallest absolute Gasteiger partial charge is 0.338 e. The van der Waals surface area contributed by atoms with Crippen molar-refractivity contribution in [1.29, 1.82) is 0 Å². The van der Waals surface area contributed by atoms with Crippen LogP contribution in [0.4, 0.5) is 8.78 Å². The topological polar surface area (TPSA) is 43.4 Å². The molecule has 3 aromatic rings. The van der Waals surface area contributed by atoms with Crippen LogP contribution in [0.2, 0.25) is 0 Å². The molecular weight excluding hydrogens is 338 g/mol. The minimum atomic E-state index is -0.867. The third kappa shape index (κ3) is 3.52. The summed E-state index contributed by atoms with van der Waals surface area (Å²) in [5.74, 6) is -3.10. The number of halogens is 2. The number of carbonyl (C=O) groups excluding carboxylic acids is 2. The molecule has 0 heterocycles. The van der Waals surface area contributed by atoms with Crippen molar-refractivity contribution in [2.75, 3.05) is 7.11 Å². The van der Waals surface area contributed by atoms with E-state index in [1.165, 1.54) is 19.2 Å². The maximum absolute atomic E-state index is 13.4. The molecule has 0 atom stereocenters. The molecule has 0 fully saturated rings. The summed E-state index contributed by atoms with van der Waals surface area (Å²) in [7, 11) is 1.20. The Morgan fingerprint density at radius 3 is 2.04 bits per heavy atom. The van der Waals surface area contributed by atoms with Crippen LogP contribution < -0.4 is 0 Å². The molecule has 3 nitrogen and oxygen atoms in total. The molecule has 26 heavy (non-hydrogen) atoms. The summed E-state index contributed by atoms with van der Waals surface area (Å²) in [6.07, 6.45) is 0. The first kappa shape index (κ1) is 17.5. The highest BCUT2D eigenvalue weighted by atomic mass is 19.1. The molecule has 0 bridgehead atoms. The van der Waals surface area contributed by atoms with Crippen LogP contribution in [-0.2, 0) is 4.74 Å². The molecule has 5 heteroatoms. The summed E-state index contributed by atoms with van der Waals surface area (Å²) in [4.78, 5) is 24.9. The van der Waals surface area contributed by atoms with Crippen LogP contribution in [-0.4, -0.2) is 18.9 Å². The zero-order valence-electron chi connectivity index (χ0n) is 13.8. The van der Waals surface area contributed by atoms with E-state index >= 15 is 0 Å². The molecule has 0 spiro atoms. The molecule has 3 aromatic carbocycles. The van der Waals surface area contributed by atoms with Gasteiger partial charge in [-0.15, -0.1) is 0 Å². The van der Waals surface area contributed by atoms with Gasteiger partial charge in [-0.3, -0.25) is 4.79 Å². The summed E-state index contributed by atoms with van der Waals surface area (Å²) < 4.78 is 31.6. The van der Waals surface area contributed by atoms with E-state index in [4.69, 9.17) is 4.74 Å². The van der Waals surface area contributed by atoms with Gasteiger partial charge in [-0.2, -0.15) is 0 Å². The van der Waals surface area contributed by atoms with Gasteiger partial charge in [0.05, 0.1) is 12.7 Å².